The van der Waals surface area contributed by atoms with E-state index in [4.69, 9.17) is 4.74 Å². The van der Waals surface area contributed by atoms with Gasteiger partial charge in [-0.3, -0.25) is 4.79 Å². The monoisotopic (exact) mass is 395 g/mol. The molecule has 0 saturated heterocycles. The van der Waals surface area contributed by atoms with Crippen LogP contribution in [-0.2, 0) is 6.54 Å². The number of ether oxygens (including phenoxy) is 1. The number of nitrogens with zero attached hydrogens (tertiary/aromatic N) is 3. The predicted octanol–water partition coefficient (Wildman–Crippen LogP) is 4.48. The average Bonchev–Trinajstić information content (AvgIpc) is 3.05. The molecule has 0 atom stereocenters. The van der Waals surface area contributed by atoms with Crippen molar-refractivity contribution >= 4 is 33.1 Å². The standard InChI is InChI=1S/C22H25N3O2S/c1-5-14-25-19-13-12-18(27-4)15-20(19)28-22(25)23-21(26)16-8-10-17(11-9-16)24(6-2)7-3/h5,8-13,15H,1,6-7,14H2,2-4H3. The Hall–Kier alpha value is -2.86. The third-order valence-electron chi connectivity index (χ3n) is 4.64. The molecule has 0 radical (unpaired) electrons. The van der Waals surface area contributed by atoms with Gasteiger partial charge < -0.3 is 14.2 Å². The average molecular weight is 396 g/mol. The molecule has 2 aromatic carbocycles. The smallest absolute Gasteiger partial charge is 0.279 e. The SMILES string of the molecule is C=CCn1c(=NC(=O)c2ccc(N(CC)CC)cc2)sc2cc(OC)ccc21. The summed E-state index contributed by atoms with van der Waals surface area (Å²) >= 11 is 1.47. The number of methoxy groups -OCH3 is 1. The molecule has 0 bridgehead atoms. The largest absolute Gasteiger partial charge is 0.497 e. The van der Waals surface area contributed by atoms with Crippen LogP contribution in [0.15, 0.2) is 60.1 Å². The van der Waals surface area contributed by atoms with Crippen LogP contribution in [-0.4, -0.2) is 30.7 Å². The van der Waals surface area contributed by atoms with E-state index in [0.29, 0.717) is 16.9 Å². The minimum Gasteiger partial charge on any atom is -0.497 e. The van der Waals surface area contributed by atoms with Crippen molar-refractivity contribution in [2.75, 3.05) is 25.1 Å². The number of amides is 1. The molecule has 3 aromatic rings. The van der Waals surface area contributed by atoms with Gasteiger partial charge in [0.15, 0.2) is 4.80 Å². The minimum absolute atomic E-state index is 0.248. The first kappa shape index (κ1) is 19.9. The summed E-state index contributed by atoms with van der Waals surface area (Å²) < 4.78 is 8.32. The molecular formula is C22H25N3O2S. The molecule has 1 aromatic heterocycles. The molecule has 0 N–H and O–H groups in total. The number of aromatic nitrogens is 1. The van der Waals surface area contributed by atoms with Crippen LogP contribution in [0.25, 0.3) is 10.2 Å². The fraction of sp³-hybridized carbons (Fsp3) is 0.273. The second-order valence-corrected chi connectivity index (χ2v) is 7.26. The highest BCUT2D eigenvalue weighted by Crippen LogP contribution is 2.23. The zero-order valence-corrected chi connectivity index (χ0v) is 17.3. The van der Waals surface area contributed by atoms with Crippen LogP contribution in [0.4, 0.5) is 5.69 Å². The summed E-state index contributed by atoms with van der Waals surface area (Å²) in [5, 5.41) is 0. The van der Waals surface area contributed by atoms with Crippen LogP contribution in [0.3, 0.4) is 0 Å². The van der Waals surface area contributed by atoms with E-state index in [2.05, 4.69) is 30.3 Å². The number of hydrogen-bond acceptors (Lipinski definition) is 4. The third-order valence-corrected chi connectivity index (χ3v) is 5.68. The van der Waals surface area contributed by atoms with Crippen molar-refractivity contribution in [2.45, 2.75) is 20.4 Å². The molecule has 0 aliphatic heterocycles. The summed E-state index contributed by atoms with van der Waals surface area (Å²) in [5.74, 6) is 0.534. The number of benzene rings is 2. The molecule has 0 aliphatic rings. The maximum absolute atomic E-state index is 12.8. The first-order chi connectivity index (χ1) is 13.6. The van der Waals surface area contributed by atoms with Gasteiger partial charge in [0.1, 0.15) is 5.75 Å². The minimum atomic E-state index is -0.248. The van der Waals surface area contributed by atoms with E-state index in [1.165, 1.54) is 11.3 Å². The number of thiazole rings is 1. The Balaban J connectivity index is 1.99. The summed E-state index contributed by atoms with van der Waals surface area (Å²) in [6.07, 6.45) is 1.80. The lowest BCUT2D eigenvalue weighted by molar-refractivity contribution is 0.0998. The van der Waals surface area contributed by atoms with Crippen LogP contribution in [0.1, 0.15) is 24.2 Å². The molecule has 28 heavy (non-hydrogen) atoms. The zero-order valence-electron chi connectivity index (χ0n) is 16.5. The van der Waals surface area contributed by atoms with E-state index >= 15 is 0 Å². The van der Waals surface area contributed by atoms with E-state index in [0.717, 1.165) is 34.7 Å². The highest BCUT2D eigenvalue weighted by molar-refractivity contribution is 7.16. The van der Waals surface area contributed by atoms with E-state index in [1.54, 1.807) is 13.2 Å². The fourth-order valence-corrected chi connectivity index (χ4v) is 4.19. The zero-order chi connectivity index (χ0) is 20.1. The fourth-order valence-electron chi connectivity index (χ4n) is 3.13. The lowest BCUT2D eigenvalue weighted by Gasteiger charge is -2.20. The van der Waals surface area contributed by atoms with Gasteiger partial charge in [0.2, 0.25) is 0 Å². The van der Waals surface area contributed by atoms with Crippen LogP contribution in [0, 0.1) is 0 Å². The number of rotatable bonds is 7. The Morgan fingerprint density at radius 3 is 2.54 bits per heavy atom. The molecule has 0 fully saturated rings. The summed E-state index contributed by atoms with van der Waals surface area (Å²) in [5.41, 5.74) is 2.70. The van der Waals surface area contributed by atoms with Gasteiger partial charge in [-0.25, -0.2) is 0 Å². The molecule has 0 aliphatic carbocycles. The summed E-state index contributed by atoms with van der Waals surface area (Å²) in [4.78, 5) is 20.0. The van der Waals surface area contributed by atoms with Gasteiger partial charge in [0.25, 0.3) is 5.91 Å². The quantitative estimate of drug-likeness (QED) is 0.554. The van der Waals surface area contributed by atoms with Gasteiger partial charge in [0, 0.05) is 30.9 Å². The van der Waals surface area contributed by atoms with Crippen molar-refractivity contribution < 1.29 is 9.53 Å². The Morgan fingerprint density at radius 2 is 1.93 bits per heavy atom. The van der Waals surface area contributed by atoms with Gasteiger partial charge in [-0.1, -0.05) is 17.4 Å². The second-order valence-electron chi connectivity index (χ2n) is 6.25. The van der Waals surface area contributed by atoms with Crippen molar-refractivity contribution in [3.63, 3.8) is 0 Å². The van der Waals surface area contributed by atoms with Crippen LogP contribution in [0.2, 0.25) is 0 Å². The first-order valence-electron chi connectivity index (χ1n) is 9.33. The highest BCUT2D eigenvalue weighted by atomic mass is 32.1. The molecule has 146 valence electrons. The Morgan fingerprint density at radius 1 is 1.21 bits per heavy atom. The normalized spacial score (nSPS) is 11.6. The Labute approximate surface area is 169 Å². The molecule has 3 rings (SSSR count). The highest BCUT2D eigenvalue weighted by Gasteiger charge is 2.10. The number of hydrogen-bond donors (Lipinski definition) is 0. The van der Waals surface area contributed by atoms with Crippen molar-refractivity contribution in [1.29, 1.82) is 0 Å². The molecule has 1 heterocycles. The Bertz CT molecular complexity index is 1040. The molecule has 6 heteroatoms. The van der Waals surface area contributed by atoms with Gasteiger partial charge in [0.05, 0.1) is 17.3 Å². The number of fused-ring (bicyclic) bond motifs is 1. The van der Waals surface area contributed by atoms with Crippen LogP contribution >= 0.6 is 11.3 Å². The maximum atomic E-state index is 12.8. The molecule has 0 saturated carbocycles. The second kappa shape index (κ2) is 8.89. The number of carbonyl (C=O) groups excluding carboxylic acids is 1. The van der Waals surface area contributed by atoms with Gasteiger partial charge in [-0.2, -0.15) is 4.99 Å². The van der Waals surface area contributed by atoms with Crippen molar-refractivity contribution in [2.24, 2.45) is 4.99 Å². The maximum Gasteiger partial charge on any atom is 0.279 e. The summed E-state index contributed by atoms with van der Waals surface area (Å²) in [6.45, 7) is 10.5. The van der Waals surface area contributed by atoms with E-state index in [-0.39, 0.29) is 5.91 Å². The molecule has 1 amide bonds. The van der Waals surface area contributed by atoms with Crippen molar-refractivity contribution in [3.05, 3.63) is 65.5 Å². The van der Waals surface area contributed by atoms with Crippen LogP contribution in [0.5, 0.6) is 5.75 Å². The number of carbonyl (C=O) groups is 1. The Kier molecular flexibility index (Phi) is 6.31. The molecule has 0 spiro atoms. The third kappa shape index (κ3) is 4.02. The molecular weight excluding hydrogens is 370 g/mol. The van der Waals surface area contributed by atoms with Crippen LogP contribution < -0.4 is 14.4 Å². The van der Waals surface area contributed by atoms with E-state index in [9.17, 15) is 4.79 Å². The van der Waals surface area contributed by atoms with E-state index < -0.39 is 0 Å². The lowest BCUT2D eigenvalue weighted by atomic mass is 10.2. The first-order valence-corrected chi connectivity index (χ1v) is 10.1. The summed E-state index contributed by atoms with van der Waals surface area (Å²) in [6, 6.07) is 13.5. The van der Waals surface area contributed by atoms with E-state index in [1.807, 2.05) is 47.0 Å². The lowest BCUT2D eigenvalue weighted by Crippen LogP contribution is -2.21. The number of allylic oxidation sites excluding steroid dienone is 1. The predicted molar refractivity (Wildman–Crippen MR) is 116 cm³/mol. The van der Waals surface area contributed by atoms with Gasteiger partial charge >= 0.3 is 0 Å². The van der Waals surface area contributed by atoms with Crippen molar-refractivity contribution in [3.8, 4) is 5.75 Å². The van der Waals surface area contributed by atoms with Crippen molar-refractivity contribution in [1.82, 2.24) is 4.57 Å². The van der Waals surface area contributed by atoms with Gasteiger partial charge in [-0.15, -0.1) is 6.58 Å². The van der Waals surface area contributed by atoms with Gasteiger partial charge in [-0.05, 0) is 56.3 Å². The summed E-state index contributed by atoms with van der Waals surface area (Å²) in [7, 11) is 1.64. The molecule has 5 nitrogen and oxygen atoms in total. The number of anilines is 1. The topological polar surface area (TPSA) is 46.8 Å². The molecule has 0 unspecified atom stereocenters.